The van der Waals surface area contributed by atoms with Crippen LogP contribution in [0, 0.1) is 12.0 Å². The molecule has 0 saturated carbocycles. The molecule has 9 heteroatoms. The van der Waals surface area contributed by atoms with Crippen molar-refractivity contribution < 1.29 is 118 Å². The Hall–Kier alpha value is 0.280. The Morgan fingerprint density at radius 3 is 1.75 bits per heavy atom. The van der Waals surface area contributed by atoms with Crippen molar-refractivity contribution in [2.45, 2.75) is 20.3 Å². The van der Waals surface area contributed by atoms with Gasteiger partial charge >= 0.3 is 94.8 Å². The van der Waals surface area contributed by atoms with Crippen LogP contribution in [-0.4, -0.2) is 18.1 Å². The van der Waals surface area contributed by atoms with E-state index in [4.69, 9.17) is 9.59 Å². The quantitative estimate of drug-likeness (QED) is 0.293. The maximum Gasteiger partial charge on any atom is 1.00 e. The number of aliphatic carboxylic acids is 1. The van der Waals surface area contributed by atoms with Gasteiger partial charge in [-0.3, -0.25) is 6.08 Å². The average molecular weight is 358 g/mol. The minimum Gasteiger partial charge on any atom is -0.658 e. The van der Waals surface area contributed by atoms with Crippen molar-refractivity contribution in [3.63, 3.8) is 0 Å². The Morgan fingerprint density at radius 1 is 1.04 bits per heavy atom. The summed E-state index contributed by atoms with van der Waals surface area (Å²) in [4.78, 5) is 37.7. The van der Waals surface area contributed by atoms with Gasteiger partial charge in [-0.15, -0.1) is 11.9 Å². The number of carbonyl (C=O) groups excluding carboxylic acids is 4. The average Bonchev–Trinajstić information content (AvgIpc) is 2.38. The summed E-state index contributed by atoms with van der Waals surface area (Å²) < 4.78 is 0. The van der Waals surface area contributed by atoms with Crippen LogP contribution in [0.25, 0.3) is 0 Å². The molecular formula is C15H13Na3O6. The molecular weight excluding hydrogens is 345 g/mol. The fourth-order valence-corrected chi connectivity index (χ4v) is 1.49. The van der Waals surface area contributed by atoms with Gasteiger partial charge in [-0.05, 0) is 17.5 Å². The molecule has 0 bridgehead atoms. The fourth-order valence-electron chi connectivity index (χ4n) is 1.49. The Labute approximate surface area is 207 Å². The Morgan fingerprint density at radius 2 is 1.46 bits per heavy atom. The molecule has 0 spiro atoms. The summed E-state index contributed by atoms with van der Waals surface area (Å²) in [5.74, 6) is -2.53. The third-order valence-corrected chi connectivity index (χ3v) is 2.28. The van der Waals surface area contributed by atoms with Gasteiger partial charge in [0.2, 0.25) is 0 Å². The first-order valence-corrected chi connectivity index (χ1v) is 5.95. The smallest absolute Gasteiger partial charge is 0.658 e. The molecule has 0 amide bonds. The van der Waals surface area contributed by atoms with Gasteiger partial charge in [-0.25, -0.2) is 0 Å². The second kappa shape index (κ2) is 18.1. The minimum absolute atomic E-state index is 0. The Balaban J connectivity index is -0.000000310. The summed E-state index contributed by atoms with van der Waals surface area (Å²) in [6.07, 6.45) is 3.20. The molecule has 0 aliphatic rings. The van der Waals surface area contributed by atoms with E-state index < -0.39 is 11.9 Å². The van der Waals surface area contributed by atoms with Crippen LogP contribution < -0.4 is 98.9 Å². The van der Waals surface area contributed by atoms with E-state index in [9.17, 15) is 19.8 Å². The molecule has 0 atom stereocenters. The van der Waals surface area contributed by atoms with Crippen molar-refractivity contribution in [2.75, 3.05) is 0 Å². The van der Waals surface area contributed by atoms with E-state index >= 15 is 0 Å². The molecule has 1 aromatic rings. The number of carbonyl (C=O) groups is 2. The molecule has 0 unspecified atom stereocenters. The summed E-state index contributed by atoms with van der Waals surface area (Å²) in [7, 11) is 0. The fraction of sp³-hybridized carbons (Fsp3) is 0.267. The second-order valence-corrected chi connectivity index (χ2v) is 4.31. The number of carboxylic acids is 2. The largest absolute Gasteiger partial charge is 1.00 e. The summed E-state index contributed by atoms with van der Waals surface area (Å²) in [6, 6.07) is 5.87. The van der Waals surface area contributed by atoms with Crippen LogP contribution in [0.2, 0.25) is 0 Å². The van der Waals surface area contributed by atoms with Crippen molar-refractivity contribution in [1.29, 1.82) is 0 Å². The molecule has 0 aliphatic carbocycles. The molecule has 0 saturated heterocycles. The number of hydrogen-bond donors (Lipinski definition) is 0. The molecule has 0 fully saturated rings. The van der Waals surface area contributed by atoms with E-state index in [1.54, 1.807) is 12.1 Å². The minimum atomic E-state index is -1.26. The maximum absolute atomic E-state index is 10.9. The van der Waals surface area contributed by atoms with Gasteiger partial charge in [-0.1, -0.05) is 38.1 Å². The molecule has 1 rings (SSSR count). The number of benzene rings is 1. The molecule has 0 radical (unpaired) electrons. The van der Waals surface area contributed by atoms with Crippen LogP contribution in [0.4, 0.5) is 0 Å². The molecule has 6 nitrogen and oxygen atoms in total. The number of carboxylic acid groups (broad SMARTS) is 2. The monoisotopic (exact) mass is 358 g/mol. The van der Waals surface area contributed by atoms with Gasteiger partial charge in [0, 0.05) is 0 Å². The van der Waals surface area contributed by atoms with Crippen molar-refractivity contribution >= 4 is 18.1 Å². The van der Waals surface area contributed by atoms with Crippen LogP contribution in [0.3, 0.4) is 0 Å². The van der Waals surface area contributed by atoms with E-state index in [1.807, 2.05) is 13.8 Å². The summed E-state index contributed by atoms with van der Waals surface area (Å²) >= 11 is 0. The standard InChI is InChI=1S/C14H15O4.CO2.3Na/c1-9(2)7-12(14(17)18)8-10-3-5-11(6-4-10)13(15)16;2-1-3;;;/h3-6,9H,8H2,1-2H3,(H,15,16)(H,17,18);;;;/q-1;;3*+1/p-2. The molecule has 112 valence electrons. The molecule has 24 heavy (non-hydrogen) atoms. The van der Waals surface area contributed by atoms with E-state index in [0.29, 0.717) is 5.56 Å². The Bertz CT molecular complexity index is 561. The number of aromatic carboxylic acids is 1. The van der Waals surface area contributed by atoms with Crippen molar-refractivity contribution in [1.82, 2.24) is 0 Å². The van der Waals surface area contributed by atoms with Gasteiger partial charge < -0.3 is 19.8 Å². The van der Waals surface area contributed by atoms with Crippen molar-refractivity contribution in [2.24, 2.45) is 5.92 Å². The zero-order valence-electron chi connectivity index (χ0n) is 14.5. The normalized spacial score (nSPS) is 9.04. The van der Waals surface area contributed by atoms with Gasteiger partial charge in [-0.2, -0.15) is 15.2 Å². The Kier molecular flexibility index (Phi) is 24.1. The van der Waals surface area contributed by atoms with Gasteiger partial charge in [0.15, 0.2) is 0 Å². The zero-order chi connectivity index (χ0) is 16.4. The van der Waals surface area contributed by atoms with E-state index in [2.05, 4.69) is 6.08 Å². The molecule has 0 N–H and O–H groups in total. The van der Waals surface area contributed by atoms with E-state index in [0.717, 1.165) is 0 Å². The molecule has 0 aromatic heterocycles. The third-order valence-electron chi connectivity index (χ3n) is 2.28. The van der Waals surface area contributed by atoms with Gasteiger partial charge in [0.1, 0.15) is 0 Å². The van der Waals surface area contributed by atoms with Crippen LogP contribution >= 0.6 is 0 Å². The second-order valence-electron chi connectivity index (χ2n) is 4.31. The number of rotatable bonds is 5. The molecule has 1 aromatic carbocycles. The van der Waals surface area contributed by atoms with Crippen molar-refractivity contribution in [3.8, 4) is 0 Å². The summed E-state index contributed by atoms with van der Waals surface area (Å²) in [6.45, 7) is 3.64. The van der Waals surface area contributed by atoms with Gasteiger partial charge in [0.25, 0.3) is 0 Å². The predicted molar refractivity (Wildman–Crippen MR) is 66.1 cm³/mol. The summed E-state index contributed by atoms with van der Waals surface area (Å²) in [5.41, 5.74) is 0.823. The first-order chi connectivity index (χ1) is 9.81. The van der Waals surface area contributed by atoms with Gasteiger partial charge in [0.05, 0.1) is 5.97 Å². The van der Waals surface area contributed by atoms with Crippen LogP contribution in [-0.2, 0) is 20.8 Å². The first kappa shape index (κ1) is 32.0. The van der Waals surface area contributed by atoms with Crippen LogP contribution in [0.15, 0.2) is 29.8 Å². The van der Waals surface area contributed by atoms with E-state index in [-0.39, 0.29) is 118 Å². The van der Waals surface area contributed by atoms with Crippen LogP contribution in [0.1, 0.15) is 29.8 Å². The first-order valence-electron chi connectivity index (χ1n) is 5.95. The summed E-state index contributed by atoms with van der Waals surface area (Å²) in [5, 5.41) is 21.5. The number of hydrogen-bond acceptors (Lipinski definition) is 6. The molecule has 0 aliphatic heterocycles. The van der Waals surface area contributed by atoms with Crippen molar-refractivity contribution in [3.05, 3.63) is 47.0 Å². The predicted octanol–water partition coefficient (Wildman–Crippen LogP) is -9.84. The number of allylic oxidation sites excluding steroid dienone is 1. The maximum atomic E-state index is 10.9. The van der Waals surface area contributed by atoms with E-state index in [1.165, 1.54) is 12.1 Å². The topological polar surface area (TPSA) is 114 Å². The zero-order valence-corrected chi connectivity index (χ0v) is 20.5. The molecule has 0 heterocycles. The third kappa shape index (κ3) is 14.6. The SMILES string of the molecule is CC(C)[C-]=C(Cc1ccc(C(=O)[O-])cc1)C(=O)[O-].O=C=O.[Na+].[Na+].[Na+]. The van der Waals surface area contributed by atoms with Crippen LogP contribution in [0.5, 0.6) is 0 Å².